The first-order valence-corrected chi connectivity index (χ1v) is 6.76. The van der Waals surface area contributed by atoms with Gasteiger partial charge in [-0.3, -0.25) is 4.79 Å². The molecule has 0 heterocycles. The van der Waals surface area contributed by atoms with Gasteiger partial charge in [-0.15, -0.1) is 0 Å². The van der Waals surface area contributed by atoms with Crippen LogP contribution < -0.4 is 0 Å². The number of aliphatic hydroxyl groups is 1. The highest BCUT2D eigenvalue weighted by molar-refractivity contribution is 5.84. The number of aliphatic hydroxyl groups excluding tert-OH is 1. The number of ketones is 1. The fraction of sp³-hybridized carbons (Fsp3) is 0.562. The summed E-state index contributed by atoms with van der Waals surface area (Å²) in [5.74, 6) is 0.146. The van der Waals surface area contributed by atoms with Crippen molar-refractivity contribution in [2.75, 3.05) is 0 Å². The summed E-state index contributed by atoms with van der Waals surface area (Å²) in [5, 5.41) is 10.4. The summed E-state index contributed by atoms with van der Waals surface area (Å²) in [6, 6.07) is 9.41. The Labute approximate surface area is 110 Å². The van der Waals surface area contributed by atoms with Crippen LogP contribution in [0.3, 0.4) is 0 Å². The van der Waals surface area contributed by atoms with Crippen LogP contribution in [0.2, 0.25) is 0 Å². The molecule has 2 heteroatoms. The lowest BCUT2D eigenvalue weighted by molar-refractivity contribution is -0.133. The Bertz CT molecular complexity index is 368. The standard InChI is InChI=1S/C16H24O2/c1-4-5-7-12-14(17)16(2,3)15(18)13-10-8-6-9-11-13/h6,8-11,15,18H,4-5,7,12H2,1-3H3. The van der Waals surface area contributed by atoms with Crippen LogP contribution in [-0.4, -0.2) is 10.9 Å². The maximum atomic E-state index is 12.2. The zero-order valence-electron chi connectivity index (χ0n) is 11.6. The van der Waals surface area contributed by atoms with Crippen LogP contribution in [0.4, 0.5) is 0 Å². The van der Waals surface area contributed by atoms with Crippen molar-refractivity contribution in [1.82, 2.24) is 0 Å². The predicted octanol–water partition coefficient (Wildman–Crippen LogP) is 3.90. The molecule has 0 spiro atoms. The SMILES string of the molecule is CCCCCC(=O)C(C)(C)C(O)c1ccccc1. The molecule has 18 heavy (non-hydrogen) atoms. The predicted molar refractivity (Wildman–Crippen MR) is 74.3 cm³/mol. The number of rotatable bonds is 7. The molecule has 0 amide bonds. The quantitative estimate of drug-likeness (QED) is 0.743. The first-order valence-electron chi connectivity index (χ1n) is 6.76. The average molecular weight is 248 g/mol. The summed E-state index contributed by atoms with van der Waals surface area (Å²) >= 11 is 0. The van der Waals surface area contributed by atoms with Crippen LogP contribution in [-0.2, 0) is 4.79 Å². The van der Waals surface area contributed by atoms with E-state index in [0.717, 1.165) is 24.8 Å². The molecule has 1 aromatic carbocycles. The van der Waals surface area contributed by atoms with E-state index in [9.17, 15) is 9.90 Å². The monoisotopic (exact) mass is 248 g/mol. The van der Waals surface area contributed by atoms with Gasteiger partial charge in [0.05, 0.1) is 11.5 Å². The fourth-order valence-electron chi connectivity index (χ4n) is 2.06. The van der Waals surface area contributed by atoms with Gasteiger partial charge in [-0.25, -0.2) is 0 Å². The number of benzene rings is 1. The van der Waals surface area contributed by atoms with Crippen LogP contribution in [0, 0.1) is 5.41 Å². The van der Waals surface area contributed by atoms with E-state index >= 15 is 0 Å². The lowest BCUT2D eigenvalue weighted by Crippen LogP contribution is -2.31. The minimum absolute atomic E-state index is 0.146. The Morgan fingerprint density at radius 3 is 2.39 bits per heavy atom. The van der Waals surface area contributed by atoms with E-state index in [1.54, 1.807) is 0 Å². The third kappa shape index (κ3) is 3.67. The molecule has 0 saturated carbocycles. The largest absolute Gasteiger partial charge is 0.387 e. The summed E-state index contributed by atoms with van der Waals surface area (Å²) < 4.78 is 0. The number of carbonyl (C=O) groups excluding carboxylic acids is 1. The first-order chi connectivity index (χ1) is 8.50. The van der Waals surface area contributed by atoms with E-state index in [1.807, 2.05) is 44.2 Å². The van der Waals surface area contributed by atoms with Gasteiger partial charge in [-0.1, -0.05) is 63.9 Å². The van der Waals surface area contributed by atoms with E-state index in [4.69, 9.17) is 0 Å². The molecule has 1 N–H and O–H groups in total. The summed E-state index contributed by atoms with van der Waals surface area (Å²) in [7, 11) is 0. The number of hydrogen-bond acceptors (Lipinski definition) is 2. The van der Waals surface area contributed by atoms with Gasteiger partial charge in [0.1, 0.15) is 5.78 Å². The molecule has 1 rings (SSSR count). The molecule has 0 aliphatic rings. The molecule has 0 aliphatic carbocycles. The Hall–Kier alpha value is -1.15. The second-order valence-corrected chi connectivity index (χ2v) is 5.42. The van der Waals surface area contributed by atoms with Crippen LogP contribution in [0.25, 0.3) is 0 Å². The normalized spacial score (nSPS) is 13.3. The second kappa shape index (κ2) is 6.69. The van der Waals surface area contributed by atoms with Crippen molar-refractivity contribution >= 4 is 5.78 Å². The topological polar surface area (TPSA) is 37.3 Å². The summed E-state index contributed by atoms with van der Waals surface area (Å²) in [5.41, 5.74) is 0.0982. The molecule has 0 fully saturated rings. The molecule has 0 aromatic heterocycles. The van der Waals surface area contributed by atoms with Crippen molar-refractivity contribution in [3.63, 3.8) is 0 Å². The number of hydrogen-bond donors (Lipinski definition) is 1. The third-order valence-electron chi connectivity index (χ3n) is 3.52. The molecule has 0 radical (unpaired) electrons. The maximum absolute atomic E-state index is 12.2. The van der Waals surface area contributed by atoms with Gasteiger partial charge in [0.2, 0.25) is 0 Å². The van der Waals surface area contributed by atoms with Gasteiger partial charge < -0.3 is 5.11 Å². The van der Waals surface area contributed by atoms with Gasteiger partial charge >= 0.3 is 0 Å². The molecule has 0 bridgehead atoms. The van der Waals surface area contributed by atoms with E-state index in [1.165, 1.54) is 0 Å². The highest BCUT2D eigenvalue weighted by Gasteiger charge is 2.35. The van der Waals surface area contributed by atoms with Crippen molar-refractivity contribution in [2.24, 2.45) is 5.41 Å². The van der Waals surface area contributed by atoms with Crippen LogP contribution in [0.1, 0.15) is 58.1 Å². The average Bonchev–Trinajstić information content (AvgIpc) is 2.39. The van der Waals surface area contributed by atoms with E-state index in [0.29, 0.717) is 6.42 Å². The van der Waals surface area contributed by atoms with Gasteiger partial charge in [-0.2, -0.15) is 0 Å². The number of carbonyl (C=O) groups is 1. The van der Waals surface area contributed by atoms with Crippen molar-refractivity contribution < 1.29 is 9.90 Å². The van der Waals surface area contributed by atoms with Crippen LogP contribution in [0.5, 0.6) is 0 Å². The molecule has 1 atom stereocenters. The Kier molecular flexibility index (Phi) is 5.54. The minimum Gasteiger partial charge on any atom is -0.387 e. The number of unbranched alkanes of at least 4 members (excludes halogenated alkanes) is 2. The molecule has 2 nitrogen and oxygen atoms in total. The molecular weight excluding hydrogens is 224 g/mol. The zero-order chi connectivity index (χ0) is 13.6. The van der Waals surface area contributed by atoms with Gasteiger partial charge in [-0.05, 0) is 12.0 Å². The summed E-state index contributed by atoms with van der Waals surface area (Å²) in [4.78, 5) is 12.2. The lowest BCUT2D eigenvalue weighted by atomic mass is 9.77. The zero-order valence-corrected chi connectivity index (χ0v) is 11.6. The lowest BCUT2D eigenvalue weighted by Gasteiger charge is -2.29. The van der Waals surface area contributed by atoms with Gasteiger partial charge in [0.25, 0.3) is 0 Å². The van der Waals surface area contributed by atoms with Crippen molar-refractivity contribution in [3.8, 4) is 0 Å². The Balaban J connectivity index is 2.70. The molecule has 1 unspecified atom stereocenters. The molecule has 1 aromatic rings. The first kappa shape index (κ1) is 14.9. The molecule has 100 valence electrons. The van der Waals surface area contributed by atoms with Gasteiger partial charge in [0.15, 0.2) is 0 Å². The van der Waals surface area contributed by atoms with Crippen molar-refractivity contribution in [1.29, 1.82) is 0 Å². The molecule has 0 saturated heterocycles. The summed E-state index contributed by atoms with van der Waals surface area (Å²) in [6.45, 7) is 5.78. The number of Topliss-reactive ketones (excluding diaryl/α,β-unsaturated/α-hetero) is 1. The van der Waals surface area contributed by atoms with Crippen molar-refractivity contribution in [3.05, 3.63) is 35.9 Å². The third-order valence-corrected chi connectivity index (χ3v) is 3.52. The smallest absolute Gasteiger partial charge is 0.141 e. The highest BCUT2D eigenvalue weighted by Crippen LogP contribution is 2.35. The van der Waals surface area contributed by atoms with E-state index < -0.39 is 11.5 Å². The Morgan fingerprint density at radius 1 is 1.22 bits per heavy atom. The van der Waals surface area contributed by atoms with Gasteiger partial charge in [0, 0.05) is 6.42 Å². The minimum atomic E-state index is -0.729. The van der Waals surface area contributed by atoms with Crippen LogP contribution in [0.15, 0.2) is 30.3 Å². The summed E-state index contributed by atoms with van der Waals surface area (Å²) in [6.07, 6.45) is 2.93. The van der Waals surface area contributed by atoms with E-state index in [-0.39, 0.29) is 5.78 Å². The second-order valence-electron chi connectivity index (χ2n) is 5.42. The molecule has 0 aliphatic heterocycles. The van der Waals surface area contributed by atoms with Crippen molar-refractivity contribution in [2.45, 2.75) is 52.6 Å². The van der Waals surface area contributed by atoms with Crippen LogP contribution >= 0.6 is 0 Å². The highest BCUT2D eigenvalue weighted by atomic mass is 16.3. The fourth-order valence-corrected chi connectivity index (χ4v) is 2.06. The maximum Gasteiger partial charge on any atom is 0.141 e. The van der Waals surface area contributed by atoms with E-state index in [2.05, 4.69) is 6.92 Å². The Morgan fingerprint density at radius 2 is 1.83 bits per heavy atom. The molecular formula is C16H24O2.